The van der Waals surface area contributed by atoms with Gasteiger partial charge in [0.2, 0.25) is 0 Å². The number of hydrogen-bond donors (Lipinski definition) is 0. The maximum Gasteiger partial charge on any atom is 0.126 e. The van der Waals surface area contributed by atoms with Gasteiger partial charge in [-0.3, -0.25) is 0 Å². The fourth-order valence-electron chi connectivity index (χ4n) is 2.38. The number of benzene rings is 1. The molecule has 0 fully saturated rings. The van der Waals surface area contributed by atoms with Crippen molar-refractivity contribution >= 4 is 0 Å². The second-order valence-corrected chi connectivity index (χ2v) is 4.85. The lowest BCUT2D eigenvalue weighted by molar-refractivity contribution is 0.416. The Morgan fingerprint density at radius 3 is 2.63 bits per heavy atom. The van der Waals surface area contributed by atoms with Crippen LogP contribution >= 0.6 is 0 Å². The average molecular weight is 258 g/mol. The zero-order chi connectivity index (χ0) is 13.7. The average Bonchev–Trinajstić information content (AvgIpc) is 2.80. The molecule has 19 heavy (non-hydrogen) atoms. The molecule has 0 spiro atoms. The Bertz CT molecular complexity index is 526. The molecule has 2 rings (SSSR count). The van der Waals surface area contributed by atoms with Crippen LogP contribution in [0.2, 0.25) is 0 Å². The van der Waals surface area contributed by atoms with E-state index in [0.717, 1.165) is 29.3 Å². The Kier molecular flexibility index (Phi) is 4.67. The highest BCUT2D eigenvalue weighted by Crippen LogP contribution is 2.34. The van der Waals surface area contributed by atoms with Gasteiger partial charge < -0.3 is 9.15 Å². The van der Waals surface area contributed by atoms with E-state index >= 15 is 0 Å². The van der Waals surface area contributed by atoms with Crippen molar-refractivity contribution in [2.75, 3.05) is 7.11 Å². The summed E-state index contributed by atoms with van der Waals surface area (Å²) in [5, 5.41) is 0. The van der Waals surface area contributed by atoms with Crippen LogP contribution in [-0.4, -0.2) is 7.11 Å². The van der Waals surface area contributed by atoms with Gasteiger partial charge in [-0.1, -0.05) is 38.0 Å². The van der Waals surface area contributed by atoms with Crippen molar-refractivity contribution in [2.45, 2.75) is 39.5 Å². The Labute approximate surface area is 115 Å². The van der Waals surface area contributed by atoms with Gasteiger partial charge in [-0.05, 0) is 25.5 Å². The van der Waals surface area contributed by atoms with Gasteiger partial charge in [-0.25, -0.2) is 0 Å². The lowest BCUT2D eigenvalue weighted by atomic mass is 10.0. The summed E-state index contributed by atoms with van der Waals surface area (Å²) in [5.41, 5.74) is 2.29. The number of furan rings is 1. The van der Waals surface area contributed by atoms with Crippen molar-refractivity contribution in [3.63, 3.8) is 0 Å². The van der Waals surface area contributed by atoms with Crippen LogP contribution in [0.25, 0.3) is 11.1 Å². The summed E-state index contributed by atoms with van der Waals surface area (Å²) in [6, 6.07) is 10.2. The third-order valence-corrected chi connectivity index (χ3v) is 3.34. The number of hydrogen-bond acceptors (Lipinski definition) is 2. The quantitative estimate of drug-likeness (QED) is 0.680. The van der Waals surface area contributed by atoms with Crippen molar-refractivity contribution in [2.24, 2.45) is 0 Å². The first-order valence-corrected chi connectivity index (χ1v) is 6.99. The monoisotopic (exact) mass is 258 g/mol. The SMILES string of the molecule is CCCCCc1oc(C)cc1-c1ccccc1OC. The first-order valence-electron chi connectivity index (χ1n) is 6.99. The predicted octanol–water partition coefficient (Wildman–Crippen LogP) is 5.00. The summed E-state index contributed by atoms with van der Waals surface area (Å²) in [6.45, 7) is 4.22. The minimum atomic E-state index is 0.903. The molecule has 2 aromatic rings. The van der Waals surface area contributed by atoms with Gasteiger partial charge in [0.05, 0.1) is 7.11 Å². The fourth-order valence-corrected chi connectivity index (χ4v) is 2.38. The predicted molar refractivity (Wildman–Crippen MR) is 78.7 cm³/mol. The maximum atomic E-state index is 5.86. The van der Waals surface area contributed by atoms with Gasteiger partial charge in [0.25, 0.3) is 0 Å². The number of unbranched alkanes of at least 4 members (excludes halogenated alkanes) is 2. The molecule has 2 nitrogen and oxygen atoms in total. The lowest BCUT2D eigenvalue weighted by Crippen LogP contribution is -1.90. The number of aryl methyl sites for hydroxylation is 2. The molecule has 0 N–H and O–H groups in total. The van der Waals surface area contributed by atoms with Gasteiger partial charge in [-0.15, -0.1) is 0 Å². The van der Waals surface area contributed by atoms with E-state index < -0.39 is 0 Å². The van der Waals surface area contributed by atoms with Crippen LogP contribution in [0.1, 0.15) is 37.7 Å². The van der Waals surface area contributed by atoms with Gasteiger partial charge >= 0.3 is 0 Å². The van der Waals surface area contributed by atoms with Gasteiger partial charge in [0.1, 0.15) is 17.3 Å². The van der Waals surface area contributed by atoms with Crippen molar-refractivity contribution in [1.82, 2.24) is 0 Å². The molecule has 2 heteroatoms. The highest BCUT2D eigenvalue weighted by atomic mass is 16.5. The Balaban J connectivity index is 2.33. The van der Waals surface area contributed by atoms with Crippen molar-refractivity contribution < 1.29 is 9.15 Å². The number of methoxy groups -OCH3 is 1. The van der Waals surface area contributed by atoms with Crippen LogP contribution in [-0.2, 0) is 6.42 Å². The second kappa shape index (κ2) is 6.46. The maximum absolute atomic E-state index is 5.86. The third-order valence-electron chi connectivity index (χ3n) is 3.34. The molecular formula is C17H22O2. The fraction of sp³-hybridized carbons (Fsp3) is 0.412. The standard InChI is InChI=1S/C17H22O2/c1-4-5-6-11-17-15(12-13(2)19-17)14-9-7-8-10-16(14)18-3/h7-10,12H,4-6,11H2,1-3H3. The topological polar surface area (TPSA) is 22.4 Å². The van der Waals surface area contributed by atoms with Gasteiger partial charge in [0.15, 0.2) is 0 Å². The zero-order valence-electron chi connectivity index (χ0n) is 12.0. The van der Waals surface area contributed by atoms with E-state index in [1.807, 2.05) is 25.1 Å². The molecule has 0 aliphatic heterocycles. The van der Waals surface area contributed by atoms with Crippen molar-refractivity contribution in [3.8, 4) is 16.9 Å². The smallest absolute Gasteiger partial charge is 0.126 e. The lowest BCUT2D eigenvalue weighted by Gasteiger charge is -2.08. The summed E-state index contributed by atoms with van der Waals surface area (Å²) in [4.78, 5) is 0. The Morgan fingerprint density at radius 2 is 1.89 bits per heavy atom. The van der Waals surface area contributed by atoms with E-state index in [9.17, 15) is 0 Å². The van der Waals surface area contributed by atoms with Crippen LogP contribution in [0, 0.1) is 6.92 Å². The van der Waals surface area contributed by atoms with Crippen molar-refractivity contribution in [1.29, 1.82) is 0 Å². The van der Waals surface area contributed by atoms with E-state index in [1.165, 1.54) is 24.8 Å². The molecule has 1 heterocycles. The van der Waals surface area contributed by atoms with E-state index in [1.54, 1.807) is 7.11 Å². The second-order valence-electron chi connectivity index (χ2n) is 4.85. The van der Waals surface area contributed by atoms with Crippen LogP contribution in [0.4, 0.5) is 0 Å². The molecular weight excluding hydrogens is 236 g/mol. The molecule has 102 valence electrons. The summed E-state index contributed by atoms with van der Waals surface area (Å²) in [6.07, 6.45) is 4.63. The van der Waals surface area contributed by atoms with E-state index in [0.29, 0.717) is 0 Å². The Morgan fingerprint density at radius 1 is 1.11 bits per heavy atom. The summed E-state index contributed by atoms with van der Waals surface area (Å²) >= 11 is 0. The summed E-state index contributed by atoms with van der Waals surface area (Å²) in [7, 11) is 1.71. The summed E-state index contributed by atoms with van der Waals surface area (Å²) < 4.78 is 11.3. The molecule has 0 amide bonds. The highest BCUT2D eigenvalue weighted by Gasteiger charge is 2.14. The number of rotatable bonds is 6. The molecule has 1 aromatic carbocycles. The Hall–Kier alpha value is -1.70. The first kappa shape index (κ1) is 13.7. The number of ether oxygens (including phenoxy) is 1. The van der Waals surface area contributed by atoms with Gasteiger partial charge in [-0.2, -0.15) is 0 Å². The highest BCUT2D eigenvalue weighted by molar-refractivity contribution is 5.72. The molecule has 0 radical (unpaired) electrons. The molecule has 1 aromatic heterocycles. The first-order chi connectivity index (χ1) is 9.26. The molecule has 0 aliphatic rings. The van der Waals surface area contributed by atoms with Crippen LogP contribution in [0.15, 0.2) is 34.7 Å². The van der Waals surface area contributed by atoms with Gasteiger partial charge in [0, 0.05) is 17.5 Å². The number of para-hydroxylation sites is 1. The third kappa shape index (κ3) is 3.19. The van der Waals surface area contributed by atoms with E-state index in [4.69, 9.17) is 9.15 Å². The molecule has 0 atom stereocenters. The van der Waals surface area contributed by atoms with E-state index in [-0.39, 0.29) is 0 Å². The molecule has 0 saturated carbocycles. The molecule has 0 saturated heterocycles. The van der Waals surface area contributed by atoms with Crippen LogP contribution < -0.4 is 4.74 Å². The molecule has 0 unspecified atom stereocenters. The molecule has 0 aliphatic carbocycles. The minimum Gasteiger partial charge on any atom is -0.496 e. The van der Waals surface area contributed by atoms with E-state index in [2.05, 4.69) is 19.1 Å². The van der Waals surface area contributed by atoms with Crippen LogP contribution in [0.3, 0.4) is 0 Å². The molecule has 0 bridgehead atoms. The minimum absolute atomic E-state index is 0.903. The van der Waals surface area contributed by atoms with Crippen LogP contribution in [0.5, 0.6) is 5.75 Å². The zero-order valence-corrected chi connectivity index (χ0v) is 12.0. The summed E-state index contributed by atoms with van der Waals surface area (Å²) in [5.74, 6) is 2.95. The normalized spacial score (nSPS) is 10.7. The largest absolute Gasteiger partial charge is 0.496 e. The van der Waals surface area contributed by atoms with Crippen molar-refractivity contribution in [3.05, 3.63) is 41.9 Å².